The van der Waals surface area contributed by atoms with Crippen molar-refractivity contribution in [2.24, 2.45) is 11.8 Å². The van der Waals surface area contributed by atoms with Crippen molar-refractivity contribution in [3.63, 3.8) is 0 Å². The Hall–Kier alpha value is -1.88. The molecular weight excluding hydrogens is 338 g/mol. The van der Waals surface area contributed by atoms with Crippen LogP contribution in [-0.2, 0) is 16.0 Å². The number of hydrogen-bond donors (Lipinski definition) is 1. The SMILES string of the molecule is Cc1ccccc1CC(=O)N1CCN(C(=O)CC(C)C2CCCNC2)CC1. The van der Waals surface area contributed by atoms with Crippen molar-refractivity contribution in [3.05, 3.63) is 35.4 Å². The minimum absolute atomic E-state index is 0.165. The highest BCUT2D eigenvalue weighted by Gasteiger charge is 2.27. The molecule has 0 aromatic heterocycles. The summed E-state index contributed by atoms with van der Waals surface area (Å²) in [6.07, 6.45) is 3.52. The van der Waals surface area contributed by atoms with Gasteiger partial charge in [-0.05, 0) is 55.8 Å². The number of piperidine rings is 1. The molecule has 0 radical (unpaired) electrons. The van der Waals surface area contributed by atoms with E-state index in [1.54, 1.807) is 0 Å². The van der Waals surface area contributed by atoms with Crippen molar-refractivity contribution in [3.8, 4) is 0 Å². The Labute approximate surface area is 163 Å². The first-order valence-corrected chi connectivity index (χ1v) is 10.4. The second-order valence-corrected chi connectivity index (χ2v) is 8.15. The second-order valence-electron chi connectivity index (χ2n) is 8.15. The summed E-state index contributed by atoms with van der Waals surface area (Å²) >= 11 is 0. The quantitative estimate of drug-likeness (QED) is 0.864. The molecular formula is C22H33N3O2. The summed E-state index contributed by atoms with van der Waals surface area (Å²) < 4.78 is 0. The maximum atomic E-state index is 12.7. The van der Waals surface area contributed by atoms with Crippen LogP contribution in [-0.4, -0.2) is 60.9 Å². The summed E-state index contributed by atoms with van der Waals surface area (Å²) in [6.45, 7) is 9.01. The monoisotopic (exact) mass is 371 g/mol. The van der Waals surface area contributed by atoms with Gasteiger partial charge in [-0.1, -0.05) is 31.2 Å². The van der Waals surface area contributed by atoms with E-state index in [4.69, 9.17) is 0 Å². The Morgan fingerprint density at radius 2 is 1.78 bits per heavy atom. The smallest absolute Gasteiger partial charge is 0.227 e. The molecule has 0 spiro atoms. The number of carbonyl (C=O) groups is 2. The number of rotatable bonds is 5. The molecule has 2 saturated heterocycles. The fourth-order valence-corrected chi connectivity index (χ4v) is 4.22. The Kier molecular flexibility index (Phi) is 6.89. The van der Waals surface area contributed by atoms with E-state index in [9.17, 15) is 9.59 Å². The van der Waals surface area contributed by atoms with Crippen LogP contribution in [0.3, 0.4) is 0 Å². The average molecular weight is 372 g/mol. The van der Waals surface area contributed by atoms with Gasteiger partial charge in [0.1, 0.15) is 0 Å². The number of hydrogen-bond acceptors (Lipinski definition) is 3. The summed E-state index contributed by atoms with van der Waals surface area (Å²) in [5.41, 5.74) is 2.25. The van der Waals surface area contributed by atoms with Crippen LogP contribution in [0.2, 0.25) is 0 Å². The summed E-state index contributed by atoms with van der Waals surface area (Å²) in [4.78, 5) is 29.1. The van der Waals surface area contributed by atoms with Crippen LogP contribution in [0.15, 0.2) is 24.3 Å². The van der Waals surface area contributed by atoms with Gasteiger partial charge in [0.05, 0.1) is 6.42 Å². The molecule has 1 aromatic carbocycles. The Bertz CT molecular complexity index is 647. The van der Waals surface area contributed by atoms with Crippen LogP contribution in [0, 0.1) is 18.8 Å². The summed E-state index contributed by atoms with van der Waals surface area (Å²) in [6, 6.07) is 8.05. The van der Waals surface area contributed by atoms with Crippen LogP contribution >= 0.6 is 0 Å². The zero-order valence-electron chi connectivity index (χ0n) is 16.7. The molecule has 0 bridgehead atoms. The van der Waals surface area contributed by atoms with Crippen LogP contribution < -0.4 is 5.32 Å². The first-order chi connectivity index (χ1) is 13.0. The first kappa shape index (κ1) is 19.9. The molecule has 27 heavy (non-hydrogen) atoms. The lowest BCUT2D eigenvalue weighted by Crippen LogP contribution is -2.51. The van der Waals surface area contributed by atoms with Crippen molar-refractivity contribution < 1.29 is 9.59 Å². The molecule has 148 valence electrons. The predicted octanol–water partition coefficient (Wildman–Crippen LogP) is 2.23. The Morgan fingerprint density at radius 3 is 2.41 bits per heavy atom. The maximum absolute atomic E-state index is 12.7. The predicted molar refractivity (Wildman–Crippen MR) is 107 cm³/mol. The Balaban J connectivity index is 1.44. The standard InChI is InChI=1S/C22H33N3O2/c1-17-6-3-4-7-19(17)15-22(27)25-12-10-24(11-13-25)21(26)14-18(2)20-8-5-9-23-16-20/h3-4,6-7,18,20,23H,5,8-16H2,1-2H3. The van der Waals surface area contributed by atoms with Crippen LogP contribution in [0.4, 0.5) is 0 Å². The minimum atomic E-state index is 0.165. The van der Waals surface area contributed by atoms with E-state index in [0.717, 1.165) is 24.2 Å². The number of carbonyl (C=O) groups excluding carboxylic acids is 2. The number of piperazine rings is 1. The third-order valence-corrected chi connectivity index (χ3v) is 6.22. The molecule has 3 rings (SSSR count). The fraction of sp³-hybridized carbons (Fsp3) is 0.636. The van der Waals surface area contributed by atoms with Gasteiger partial charge in [0.2, 0.25) is 11.8 Å². The van der Waals surface area contributed by atoms with E-state index in [1.165, 1.54) is 12.8 Å². The lowest BCUT2D eigenvalue weighted by Gasteiger charge is -2.36. The lowest BCUT2D eigenvalue weighted by molar-refractivity contribution is -0.140. The van der Waals surface area contributed by atoms with E-state index < -0.39 is 0 Å². The average Bonchev–Trinajstić information content (AvgIpc) is 2.70. The molecule has 1 aromatic rings. The number of amides is 2. The van der Waals surface area contributed by atoms with Crippen molar-refractivity contribution >= 4 is 11.8 Å². The fourth-order valence-electron chi connectivity index (χ4n) is 4.22. The second kappa shape index (κ2) is 9.36. The van der Waals surface area contributed by atoms with Gasteiger partial charge < -0.3 is 15.1 Å². The summed E-state index contributed by atoms with van der Waals surface area (Å²) in [7, 11) is 0. The molecule has 2 atom stereocenters. The number of nitrogens with zero attached hydrogens (tertiary/aromatic N) is 2. The highest BCUT2D eigenvalue weighted by molar-refractivity contribution is 5.80. The molecule has 2 amide bonds. The Morgan fingerprint density at radius 1 is 1.11 bits per heavy atom. The minimum Gasteiger partial charge on any atom is -0.339 e. The lowest BCUT2D eigenvalue weighted by atomic mass is 9.85. The molecule has 2 fully saturated rings. The van der Waals surface area contributed by atoms with Gasteiger partial charge in [-0.15, -0.1) is 0 Å². The topological polar surface area (TPSA) is 52.7 Å². The number of benzene rings is 1. The van der Waals surface area contributed by atoms with Crippen molar-refractivity contribution in [2.75, 3.05) is 39.3 Å². The molecule has 2 aliphatic rings. The molecule has 0 saturated carbocycles. The van der Waals surface area contributed by atoms with E-state index >= 15 is 0 Å². The van der Waals surface area contributed by atoms with Crippen LogP contribution in [0.5, 0.6) is 0 Å². The summed E-state index contributed by atoms with van der Waals surface area (Å²) in [5.74, 6) is 1.45. The third kappa shape index (κ3) is 5.32. The molecule has 5 nitrogen and oxygen atoms in total. The van der Waals surface area contributed by atoms with Gasteiger partial charge in [0.25, 0.3) is 0 Å². The van der Waals surface area contributed by atoms with Gasteiger partial charge in [-0.3, -0.25) is 9.59 Å². The van der Waals surface area contributed by atoms with E-state index in [2.05, 4.69) is 12.2 Å². The maximum Gasteiger partial charge on any atom is 0.227 e. The van der Waals surface area contributed by atoms with Gasteiger partial charge in [0.15, 0.2) is 0 Å². The molecule has 2 heterocycles. The molecule has 2 unspecified atom stereocenters. The number of nitrogens with one attached hydrogen (secondary N) is 1. The highest BCUT2D eigenvalue weighted by atomic mass is 16.2. The van der Waals surface area contributed by atoms with Gasteiger partial charge >= 0.3 is 0 Å². The largest absolute Gasteiger partial charge is 0.339 e. The molecule has 1 N–H and O–H groups in total. The van der Waals surface area contributed by atoms with Gasteiger partial charge in [-0.25, -0.2) is 0 Å². The normalized spacial score (nSPS) is 21.8. The van der Waals surface area contributed by atoms with E-state index in [0.29, 0.717) is 50.9 Å². The molecule has 2 aliphatic heterocycles. The summed E-state index contributed by atoms with van der Waals surface area (Å²) in [5, 5.41) is 3.44. The molecule has 5 heteroatoms. The highest BCUT2D eigenvalue weighted by Crippen LogP contribution is 2.23. The van der Waals surface area contributed by atoms with E-state index in [1.807, 2.05) is 41.0 Å². The first-order valence-electron chi connectivity index (χ1n) is 10.4. The van der Waals surface area contributed by atoms with Gasteiger partial charge in [-0.2, -0.15) is 0 Å². The molecule has 0 aliphatic carbocycles. The third-order valence-electron chi connectivity index (χ3n) is 6.22. The van der Waals surface area contributed by atoms with Crippen LogP contribution in [0.25, 0.3) is 0 Å². The van der Waals surface area contributed by atoms with Crippen LogP contribution in [0.1, 0.15) is 37.3 Å². The zero-order valence-corrected chi connectivity index (χ0v) is 16.7. The van der Waals surface area contributed by atoms with E-state index in [-0.39, 0.29) is 11.8 Å². The van der Waals surface area contributed by atoms with Crippen molar-refractivity contribution in [2.45, 2.75) is 39.5 Å². The number of aryl methyl sites for hydroxylation is 1. The van der Waals surface area contributed by atoms with Crippen molar-refractivity contribution in [1.29, 1.82) is 0 Å². The van der Waals surface area contributed by atoms with Gasteiger partial charge in [0, 0.05) is 32.6 Å². The zero-order chi connectivity index (χ0) is 19.2. The van der Waals surface area contributed by atoms with Crippen molar-refractivity contribution in [1.82, 2.24) is 15.1 Å².